The van der Waals surface area contributed by atoms with E-state index in [1.807, 2.05) is 6.92 Å². The Kier molecular flexibility index (Phi) is 5.17. The number of hydrogen-bond donors (Lipinski definition) is 2. The lowest BCUT2D eigenvalue weighted by molar-refractivity contribution is -0.118. The number of nitrogens with two attached hydrogens (primary N) is 2. The number of unbranched alkanes of at least 4 members (excludes halogenated alkanes) is 1. The Morgan fingerprint density at radius 2 is 1.94 bits per heavy atom. The summed E-state index contributed by atoms with van der Waals surface area (Å²) in [6, 6.07) is 6.82. The van der Waals surface area contributed by atoms with Crippen LogP contribution in [0.5, 0.6) is 0 Å². The van der Waals surface area contributed by atoms with Crippen LogP contribution >= 0.6 is 0 Å². The molecule has 1 aromatic rings. The molecule has 0 saturated carbocycles. The minimum absolute atomic E-state index is 0.0762. The topological polar surface area (TPSA) is 89.4 Å². The molecule has 0 unspecified atom stereocenters. The maximum absolute atomic E-state index is 12.2. The van der Waals surface area contributed by atoms with E-state index in [0.717, 1.165) is 12.8 Å². The summed E-state index contributed by atoms with van der Waals surface area (Å²) >= 11 is 0. The molecule has 0 atom stereocenters. The van der Waals surface area contributed by atoms with Crippen LogP contribution in [0.2, 0.25) is 0 Å². The number of anilines is 1. The summed E-state index contributed by atoms with van der Waals surface area (Å²) in [6.07, 6.45) is 1.76. The standard InChI is InChI=1S/C13H19N3O2/c1-2-3-8-16(9-12(15)17)13(18)10-6-4-5-7-11(10)14/h4-7H,2-3,8-9,14H2,1H3,(H2,15,17). The maximum atomic E-state index is 12.2. The van der Waals surface area contributed by atoms with Crippen molar-refractivity contribution in [2.75, 3.05) is 18.8 Å². The van der Waals surface area contributed by atoms with Crippen molar-refractivity contribution in [2.24, 2.45) is 5.73 Å². The number of para-hydroxylation sites is 1. The number of nitrogen functional groups attached to an aromatic ring is 1. The lowest BCUT2D eigenvalue weighted by Gasteiger charge is -2.21. The third kappa shape index (κ3) is 3.76. The van der Waals surface area contributed by atoms with Crippen molar-refractivity contribution < 1.29 is 9.59 Å². The monoisotopic (exact) mass is 249 g/mol. The highest BCUT2D eigenvalue weighted by molar-refractivity contribution is 6.00. The van der Waals surface area contributed by atoms with E-state index >= 15 is 0 Å². The van der Waals surface area contributed by atoms with Gasteiger partial charge in [0.15, 0.2) is 0 Å². The summed E-state index contributed by atoms with van der Waals surface area (Å²) < 4.78 is 0. The van der Waals surface area contributed by atoms with Gasteiger partial charge < -0.3 is 16.4 Å². The van der Waals surface area contributed by atoms with Crippen LogP contribution in [0, 0.1) is 0 Å². The minimum Gasteiger partial charge on any atom is -0.398 e. The number of rotatable bonds is 6. The molecule has 0 saturated heterocycles. The molecule has 98 valence electrons. The van der Waals surface area contributed by atoms with Crippen molar-refractivity contribution in [3.8, 4) is 0 Å². The highest BCUT2D eigenvalue weighted by Gasteiger charge is 2.18. The van der Waals surface area contributed by atoms with Crippen molar-refractivity contribution in [1.82, 2.24) is 4.90 Å². The van der Waals surface area contributed by atoms with Crippen molar-refractivity contribution in [3.63, 3.8) is 0 Å². The molecule has 0 aliphatic carbocycles. The molecule has 0 aliphatic heterocycles. The maximum Gasteiger partial charge on any atom is 0.256 e. The highest BCUT2D eigenvalue weighted by Crippen LogP contribution is 2.13. The molecule has 2 amide bonds. The Labute approximate surface area is 107 Å². The van der Waals surface area contributed by atoms with E-state index in [9.17, 15) is 9.59 Å². The van der Waals surface area contributed by atoms with Gasteiger partial charge in [-0.3, -0.25) is 9.59 Å². The predicted molar refractivity (Wildman–Crippen MR) is 70.9 cm³/mol. The van der Waals surface area contributed by atoms with Gasteiger partial charge >= 0.3 is 0 Å². The first-order valence-electron chi connectivity index (χ1n) is 5.98. The smallest absolute Gasteiger partial charge is 0.256 e. The molecule has 5 nitrogen and oxygen atoms in total. The van der Waals surface area contributed by atoms with Crippen LogP contribution in [0.4, 0.5) is 5.69 Å². The van der Waals surface area contributed by atoms with Crippen LogP contribution in [0.25, 0.3) is 0 Å². The van der Waals surface area contributed by atoms with Crippen LogP contribution in [0.3, 0.4) is 0 Å². The predicted octanol–water partition coefficient (Wildman–Crippen LogP) is 0.996. The van der Waals surface area contributed by atoms with Crippen molar-refractivity contribution >= 4 is 17.5 Å². The third-order valence-corrected chi connectivity index (χ3v) is 2.61. The lowest BCUT2D eigenvalue weighted by atomic mass is 10.1. The zero-order chi connectivity index (χ0) is 13.5. The lowest BCUT2D eigenvalue weighted by Crippen LogP contribution is -2.39. The van der Waals surface area contributed by atoms with E-state index < -0.39 is 5.91 Å². The molecule has 4 N–H and O–H groups in total. The van der Waals surface area contributed by atoms with Crippen LogP contribution in [0.1, 0.15) is 30.1 Å². The fourth-order valence-corrected chi connectivity index (χ4v) is 1.65. The Morgan fingerprint density at radius 1 is 1.28 bits per heavy atom. The number of hydrogen-bond acceptors (Lipinski definition) is 3. The van der Waals surface area contributed by atoms with Gasteiger partial charge in [-0.1, -0.05) is 25.5 Å². The Bertz CT molecular complexity index is 432. The van der Waals surface area contributed by atoms with Crippen molar-refractivity contribution in [2.45, 2.75) is 19.8 Å². The van der Waals surface area contributed by atoms with Crippen LogP contribution < -0.4 is 11.5 Å². The summed E-state index contributed by atoms with van der Waals surface area (Å²) in [6.45, 7) is 2.45. The Balaban J connectivity index is 2.87. The number of benzene rings is 1. The van der Waals surface area contributed by atoms with Gasteiger partial charge in [-0.05, 0) is 18.6 Å². The molecular weight excluding hydrogens is 230 g/mol. The number of carbonyl (C=O) groups excluding carboxylic acids is 2. The molecule has 0 fully saturated rings. The van der Waals surface area contributed by atoms with Crippen molar-refractivity contribution in [3.05, 3.63) is 29.8 Å². The normalized spacial score (nSPS) is 10.1. The van der Waals surface area contributed by atoms with Gasteiger partial charge in [-0.15, -0.1) is 0 Å². The SMILES string of the molecule is CCCCN(CC(N)=O)C(=O)c1ccccc1N. The van der Waals surface area contributed by atoms with E-state index in [1.54, 1.807) is 24.3 Å². The molecule has 0 radical (unpaired) electrons. The zero-order valence-electron chi connectivity index (χ0n) is 10.6. The number of nitrogens with zero attached hydrogens (tertiary/aromatic N) is 1. The van der Waals surface area contributed by atoms with E-state index in [0.29, 0.717) is 17.8 Å². The van der Waals surface area contributed by atoms with Gasteiger partial charge in [0.05, 0.1) is 12.1 Å². The molecule has 5 heteroatoms. The van der Waals surface area contributed by atoms with Crippen LogP contribution in [-0.2, 0) is 4.79 Å². The highest BCUT2D eigenvalue weighted by atomic mass is 16.2. The van der Waals surface area contributed by atoms with Gasteiger partial charge in [0.1, 0.15) is 0 Å². The second-order valence-corrected chi connectivity index (χ2v) is 4.13. The summed E-state index contributed by atoms with van der Waals surface area (Å²) in [7, 11) is 0. The van der Waals surface area contributed by atoms with E-state index in [1.165, 1.54) is 4.90 Å². The second kappa shape index (κ2) is 6.64. The fourth-order valence-electron chi connectivity index (χ4n) is 1.65. The molecule has 0 aliphatic rings. The minimum atomic E-state index is -0.519. The van der Waals surface area contributed by atoms with E-state index in [4.69, 9.17) is 11.5 Å². The zero-order valence-corrected chi connectivity index (χ0v) is 10.6. The summed E-state index contributed by atoms with van der Waals surface area (Å²) in [4.78, 5) is 24.7. The quantitative estimate of drug-likeness (QED) is 0.737. The summed E-state index contributed by atoms with van der Waals surface area (Å²) in [5, 5.41) is 0. The molecular formula is C13H19N3O2. The largest absolute Gasteiger partial charge is 0.398 e. The van der Waals surface area contributed by atoms with Crippen LogP contribution in [-0.4, -0.2) is 29.8 Å². The molecule has 0 heterocycles. The van der Waals surface area contributed by atoms with E-state index in [2.05, 4.69) is 0 Å². The summed E-state index contributed by atoms with van der Waals surface area (Å²) in [5.74, 6) is -0.769. The van der Waals surface area contributed by atoms with Gasteiger partial charge in [-0.2, -0.15) is 0 Å². The molecule has 1 rings (SSSR count). The van der Waals surface area contributed by atoms with Crippen LogP contribution in [0.15, 0.2) is 24.3 Å². The molecule has 1 aromatic carbocycles. The second-order valence-electron chi connectivity index (χ2n) is 4.13. The first kappa shape index (κ1) is 14.0. The Hall–Kier alpha value is -2.04. The average Bonchev–Trinajstić information content (AvgIpc) is 2.34. The van der Waals surface area contributed by atoms with E-state index in [-0.39, 0.29) is 12.5 Å². The van der Waals surface area contributed by atoms with Gasteiger partial charge in [-0.25, -0.2) is 0 Å². The average molecular weight is 249 g/mol. The molecule has 0 bridgehead atoms. The van der Waals surface area contributed by atoms with Gasteiger partial charge in [0, 0.05) is 12.2 Å². The fraction of sp³-hybridized carbons (Fsp3) is 0.385. The van der Waals surface area contributed by atoms with Gasteiger partial charge in [0.25, 0.3) is 5.91 Å². The first-order valence-corrected chi connectivity index (χ1v) is 5.98. The molecule has 18 heavy (non-hydrogen) atoms. The molecule has 0 aromatic heterocycles. The number of primary amides is 1. The van der Waals surface area contributed by atoms with Gasteiger partial charge in [0.2, 0.25) is 5.91 Å². The van der Waals surface area contributed by atoms with Crippen molar-refractivity contribution in [1.29, 1.82) is 0 Å². The summed E-state index contributed by atoms with van der Waals surface area (Å²) in [5.41, 5.74) is 11.7. The third-order valence-electron chi connectivity index (χ3n) is 2.61. The molecule has 0 spiro atoms. The number of carbonyl (C=O) groups is 2. The first-order chi connectivity index (χ1) is 8.56. The Morgan fingerprint density at radius 3 is 2.50 bits per heavy atom. The number of amides is 2.